The first kappa shape index (κ1) is 97.8. The van der Waals surface area contributed by atoms with Crippen LogP contribution in [0, 0.1) is 23.7 Å². The Hall–Kier alpha value is -8.36. The van der Waals surface area contributed by atoms with Crippen molar-refractivity contribution in [2.75, 3.05) is 159 Å². The minimum atomic E-state index is -2.08. The van der Waals surface area contributed by atoms with Gasteiger partial charge in [-0.3, -0.25) is 24.0 Å². The average Bonchev–Trinajstić information content (AvgIpc) is 1.59. The Morgan fingerprint density at radius 3 is 1.68 bits per heavy atom. The summed E-state index contributed by atoms with van der Waals surface area (Å²) < 4.78 is 80.0. The third kappa shape index (κ3) is 29.5. The normalized spacial score (nSPS) is 19.4. The summed E-state index contributed by atoms with van der Waals surface area (Å²) in [5, 5.41) is 56.6. The van der Waals surface area contributed by atoms with Gasteiger partial charge in [-0.25, -0.2) is 14.4 Å². The standard InChI is InChI=1S/C86H127N7O26/c1-13-55(6)73(92(10)82(101)72(54(4)5)91-81(100)71(87-9)53(2)3)68(106-11)51-70(95)93-33-21-28-66(93)77(107-12)56(7)80(99)89-57(8)78(58-22-15-14-16-23-58)118-84(104)64-30-29-59(50-67(64)117-85-76(98)74(96)75(97)79(119-85)83(102)103)90-69(94)31-34-108-36-38-110-40-42-112-44-46-114-48-49-115-47-45-113-43-41-111-39-37-109-35-32-88-86(105)116-52-65-62-26-19-17-24-60(62)61-25-18-20-27-63(61)65/h14-20,22-27,29-30,50,53-57,65-66,68,71-79,85,87,96-98H,13,21,28,31-49,51-52H2,1-12H3,(H,88,105)(H,89,99)(H,90,94)(H,91,100)(H,102,103)/t55-,56+,57+,66-,68+,71-,72-,73-,74-,75-,76+,77+,78+,79-,85+/m0/s1. The van der Waals surface area contributed by atoms with Crippen LogP contribution < -0.4 is 31.3 Å². The monoisotopic (exact) mass is 1670 g/mol. The molecule has 15 atom stereocenters. The molecule has 0 aromatic heterocycles. The number of carboxylic acids is 1. The highest BCUT2D eigenvalue weighted by Gasteiger charge is 2.49. The van der Waals surface area contributed by atoms with E-state index in [-0.39, 0.29) is 98.5 Å². The lowest BCUT2D eigenvalue weighted by Gasteiger charge is -2.41. The Labute approximate surface area is 698 Å². The van der Waals surface area contributed by atoms with E-state index in [1.165, 1.54) is 43.5 Å². The number of aliphatic hydroxyl groups is 3. The first-order chi connectivity index (χ1) is 57.3. The zero-order valence-corrected chi connectivity index (χ0v) is 70.8. The van der Waals surface area contributed by atoms with E-state index in [0.717, 1.165) is 11.1 Å². The number of likely N-dealkylation sites (tertiary alicyclic amines) is 1. The number of esters is 1. The van der Waals surface area contributed by atoms with Crippen LogP contribution in [0.3, 0.4) is 0 Å². The van der Waals surface area contributed by atoms with Crippen LogP contribution in [0.2, 0.25) is 0 Å². The Bertz CT molecular complexity index is 3720. The molecule has 9 N–H and O–H groups in total. The highest BCUT2D eigenvalue weighted by Crippen LogP contribution is 2.45. The predicted octanol–water partition coefficient (Wildman–Crippen LogP) is 5.67. The van der Waals surface area contributed by atoms with Crippen LogP contribution in [0.1, 0.15) is 127 Å². The lowest BCUT2D eigenvalue weighted by atomic mass is 9.89. The van der Waals surface area contributed by atoms with E-state index in [1.54, 1.807) is 68.1 Å². The van der Waals surface area contributed by atoms with Gasteiger partial charge in [0, 0.05) is 52.0 Å². The van der Waals surface area contributed by atoms with Gasteiger partial charge in [-0.05, 0) is 84.5 Å². The summed E-state index contributed by atoms with van der Waals surface area (Å²) in [5.41, 5.74) is 4.82. The summed E-state index contributed by atoms with van der Waals surface area (Å²) in [7, 11) is 6.33. The van der Waals surface area contributed by atoms with E-state index >= 15 is 0 Å². The Morgan fingerprint density at radius 1 is 0.622 bits per heavy atom. The number of carbonyl (C=O) groups is 8. The van der Waals surface area contributed by atoms with Gasteiger partial charge in [-0.2, -0.15) is 0 Å². The maximum atomic E-state index is 14.7. The van der Waals surface area contributed by atoms with Crippen molar-refractivity contribution in [1.29, 1.82) is 0 Å². The van der Waals surface area contributed by atoms with Crippen molar-refractivity contribution in [3.8, 4) is 16.9 Å². The second kappa shape index (κ2) is 51.4. The first-order valence-corrected chi connectivity index (χ1v) is 41.2. The van der Waals surface area contributed by atoms with Gasteiger partial charge >= 0.3 is 18.0 Å². The molecule has 3 aliphatic rings. The molecule has 0 radical (unpaired) electrons. The number of carboxylic acid groups (broad SMARTS) is 1. The molecular weight excluding hydrogens is 1550 g/mol. The zero-order valence-electron chi connectivity index (χ0n) is 70.8. The van der Waals surface area contributed by atoms with E-state index < -0.39 is 121 Å². The Morgan fingerprint density at radius 2 is 1.16 bits per heavy atom. The highest BCUT2D eigenvalue weighted by molar-refractivity contribution is 5.96. The van der Waals surface area contributed by atoms with E-state index in [2.05, 4.69) is 50.8 Å². The molecule has 0 unspecified atom stereocenters. The number of methoxy groups -OCH3 is 2. The van der Waals surface area contributed by atoms with Crippen molar-refractivity contribution in [2.24, 2.45) is 23.7 Å². The van der Waals surface area contributed by atoms with E-state index in [9.17, 15) is 58.8 Å². The molecule has 0 bridgehead atoms. The Balaban J connectivity index is 0.803. The molecule has 33 heteroatoms. The zero-order chi connectivity index (χ0) is 86.5. The molecule has 4 aromatic carbocycles. The molecule has 2 heterocycles. The number of likely N-dealkylation sites (N-methyl/N-ethyl adjacent to an activating group) is 2. The van der Waals surface area contributed by atoms with Gasteiger partial charge in [0.1, 0.15) is 48.4 Å². The second-order valence-corrected chi connectivity index (χ2v) is 30.4. The SMILES string of the molecule is CC[C@H](C)[C@@H]([C@@H](CC(=O)N1CCC[C@H]1[C@H](OC)[C@@H](C)C(=O)N[C@H](C)[C@@H](OC(=O)c1ccc(NC(=O)CCOCCOCCOCCOCCOCCOCCOCCOCCNC(=O)OCC2c3ccccc3-c3ccccc32)cc1O[C@@H]1O[C@H](C(=O)O)[C@@H](O)[C@H](O)[C@H]1O)c1ccccc1)OC)N(C)C(=O)[C@@H](NC(=O)[C@@H](NC)C(C)C)C(C)C. The van der Waals surface area contributed by atoms with Gasteiger partial charge in [0.05, 0.1) is 161 Å². The summed E-state index contributed by atoms with van der Waals surface area (Å²) in [4.78, 5) is 113. The van der Waals surface area contributed by atoms with Gasteiger partial charge in [0.15, 0.2) is 6.10 Å². The summed E-state index contributed by atoms with van der Waals surface area (Å²) in [6, 6.07) is 25.2. The fraction of sp³-hybridized carbons (Fsp3) is 0.628. The highest BCUT2D eigenvalue weighted by atomic mass is 16.7. The molecular formula is C86H127N7O26. The van der Waals surface area contributed by atoms with Crippen molar-refractivity contribution < 1.29 is 125 Å². The number of fused-ring (bicyclic) bond motifs is 3. The third-order valence-corrected chi connectivity index (χ3v) is 21.4. The number of benzene rings is 4. The number of alkyl carbamates (subject to hydrolysis) is 1. The van der Waals surface area contributed by atoms with Gasteiger partial charge in [-0.15, -0.1) is 0 Å². The number of rotatable bonds is 55. The van der Waals surface area contributed by atoms with Gasteiger partial charge < -0.3 is 123 Å². The number of ether oxygens (including phenoxy) is 14. The first-order valence-electron chi connectivity index (χ1n) is 41.2. The van der Waals surface area contributed by atoms with Gasteiger partial charge in [-0.1, -0.05) is 134 Å². The Kier molecular flexibility index (Phi) is 42.2. The largest absolute Gasteiger partial charge is 0.479 e. The summed E-state index contributed by atoms with van der Waals surface area (Å²) in [6.07, 6.45) is -12.1. The van der Waals surface area contributed by atoms with E-state index in [4.69, 9.17) is 66.3 Å². The molecule has 7 rings (SSSR count). The van der Waals surface area contributed by atoms with Crippen LogP contribution in [0.4, 0.5) is 10.5 Å². The van der Waals surface area contributed by atoms with Crippen LogP contribution in [-0.4, -0.2) is 305 Å². The number of nitrogens with one attached hydrogen (secondary N) is 5. The van der Waals surface area contributed by atoms with Crippen LogP contribution in [0.25, 0.3) is 11.1 Å². The van der Waals surface area contributed by atoms with Crippen LogP contribution in [0.15, 0.2) is 97.1 Å². The molecule has 4 aromatic rings. The molecule has 6 amide bonds. The van der Waals surface area contributed by atoms with Crippen LogP contribution >= 0.6 is 0 Å². The van der Waals surface area contributed by atoms with Crippen molar-refractivity contribution in [1.82, 2.24) is 31.1 Å². The summed E-state index contributed by atoms with van der Waals surface area (Å²) >= 11 is 0. The van der Waals surface area contributed by atoms with E-state index in [0.29, 0.717) is 117 Å². The lowest BCUT2D eigenvalue weighted by molar-refractivity contribution is -0.271. The molecule has 2 aliphatic heterocycles. The summed E-state index contributed by atoms with van der Waals surface area (Å²) in [6.45, 7) is 20.7. The number of hydrogen-bond acceptors (Lipinski definition) is 26. The summed E-state index contributed by atoms with van der Waals surface area (Å²) in [5.74, 6) is -6.44. The van der Waals surface area contributed by atoms with Crippen LogP contribution in [-0.2, 0) is 90.3 Å². The number of aliphatic carboxylic acids is 1. The molecule has 662 valence electrons. The fourth-order valence-corrected chi connectivity index (χ4v) is 14.8. The van der Waals surface area contributed by atoms with Gasteiger partial charge in [0.2, 0.25) is 35.8 Å². The molecule has 0 spiro atoms. The maximum absolute atomic E-state index is 14.7. The molecule has 2 saturated heterocycles. The van der Waals surface area contributed by atoms with Crippen molar-refractivity contribution in [3.05, 3.63) is 119 Å². The number of anilines is 1. The predicted molar refractivity (Wildman–Crippen MR) is 437 cm³/mol. The lowest BCUT2D eigenvalue weighted by Crippen LogP contribution is -2.61. The average molecular weight is 1670 g/mol. The quantitative estimate of drug-likeness (QED) is 0.0190. The number of aliphatic hydroxyl groups excluding tert-OH is 3. The number of amides is 6. The molecule has 1 aliphatic carbocycles. The molecule has 2 fully saturated rings. The smallest absolute Gasteiger partial charge is 0.407 e. The molecule has 0 saturated carbocycles. The second-order valence-electron chi connectivity index (χ2n) is 30.4. The maximum Gasteiger partial charge on any atom is 0.407 e. The number of hydrogen-bond donors (Lipinski definition) is 9. The van der Waals surface area contributed by atoms with E-state index in [1.807, 2.05) is 65.8 Å². The van der Waals surface area contributed by atoms with Crippen LogP contribution in [0.5, 0.6) is 5.75 Å². The molecule has 33 nitrogen and oxygen atoms in total. The fourth-order valence-electron chi connectivity index (χ4n) is 14.8. The van der Waals surface area contributed by atoms with Gasteiger partial charge in [0.25, 0.3) is 0 Å². The van der Waals surface area contributed by atoms with Crippen molar-refractivity contribution in [3.63, 3.8) is 0 Å². The van der Waals surface area contributed by atoms with Crippen molar-refractivity contribution >= 4 is 53.3 Å². The molecule has 119 heavy (non-hydrogen) atoms. The third-order valence-electron chi connectivity index (χ3n) is 21.4. The minimum absolute atomic E-state index is 0.00651. The van der Waals surface area contributed by atoms with Crippen molar-refractivity contribution in [2.45, 2.75) is 173 Å². The number of nitrogens with zero attached hydrogens (tertiary/aromatic N) is 2. The topological polar surface area (TPSA) is 413 Å². The minimum Gasteiger partial charge on any atom is -0.479 e. The number of carbonyl (C=O) groups excluding carboxylic acids is 7.